The van der Waals surface area contributed by atoms with Crippen molar-refractivity contribution in [1.29, 1.82) is 0 Å². The number of rotatable bonds is 5. The van der Waals surface area contributed by atoms with Crippen molar-refractivity contribution in [1.82, 2.24) is 15.3 Å². The maximum Gasteiger partial charge on any atom is 0.320 e. The Bertz CT molecular complexity index is 723. The molecule has 2 N–H and O–H groups in total. The highest BCUT2D eigenvalue weighted by atomic mass is 16.6. The molecule has 8 nitrogen and oxygen atoms in total. The maximum absolute atomic E-state index is 12.0. The van der Waals surface area contributed by atoms with Gasteiger partial charge in [0, 0.05) is 25.4 Å². The topological polar surface area (TPSA) is 94.6 Å². The van der Waals surface area contributed by atoms with E-state index >= 15 is 0 Å². The van der Waals surface area contributed by atoms with Crippen LogP contribution in [0, 0.1) is 0 Å². The van der Waals surface area contributed by atoms with Gasteiger partial charge in [-0.1, -0.05) is 12.1 Å². The highest BCUT2D eigenvalue weighted by Crippen LogP contribution is 2.33. The summed E-state index contributed by atoms with van der Waals surface area (Å²) in [5, 5.41) is 5.43. The molecule has 0 spiro atoms. The van der Waals surface area contributed by atoms with Crippen LogP contribution in [0.3, 0.4) is 0 Å². The predicted octanol–water partition coefficient (Wildman–Crippen LogP) is 1.72. The Kier molecular flexibility index (Phi) is 5.07. The van der Waals surface area contributed by atoms with E-state index < -0.39 is 0 Å². The molecular weight excluding hydrogens is 312 g/mol. The first-order chi connectivity index (χ1) is 11.8. The molecule has 1 aromatic heterocycles. The smallest absolute Gasteiger partial charge is 0.320 e. The van der Waals surface area contributed by atoms with Crippen LogP contribution in [0.1, 0.15) is 11.4 Å². The molecule has 0 saturated carbocycles. The second-order valence-electron chi connectivity index (χ2n) is 5.04. The lowest BCUT2D eigenvalue weighted by atomic mass is 10.1. The summed E-state index contributed by atoms with van der Waals surface area (Å²) in [6.45, 7) is 1.63. The molecule has 0 atom stereocenters. The SMILES string of the molecule is COCc1nccc(NC(=O)NCc2cccc3c2OCCO3)n1. The first-order valence-corrected chi connectivity index (χ1v) is 7.49. The number of para-hydroxylation sites is 1. The van der Waals surface area contributed by atoms with Crippen molar-refractivity contribution in [3.05, 3.63) is 41.9 Å². The second-order valence-corrected chi connectivity index (χ2v) is 5.04. The number of fused-ring (bicyclic) bond motifs is 1. The minimum Gasteiger partial charge on any atom is -0.486 e. The monoisotopic (exact) mass is 330 g/mol. The lowest BCUT2D eigenvalue weighted by Gasteiger charge is -2.21. The van der Waals surface area contributed by atoms with Crippen molar-refractivity contribution in [3.63, 3.8) is 0 Å². The Hall–Kier alpha value is -2.87. The fourth-order valence-electron chi connectivity index (χ4n) is 2.28. The van der Waals surface area contributed by atoms with Crippen LogP contribution in [-0.2, 0) is 17.9 Å². The summed E-state index contributed by atoms with van der Waals surface area (Å²) in [6.07, 6.45) is 1.57. The predicted molar refractivity (Wildman–Crippen MR) is 86.0 cm³/mol. The van der Waals surface area contributed by atoms with Gasteiger partial charge < -0.3 is 19.5 Å². The number of urea groups is 1. The first-order valence-electron chi connectivity index (χ1n) is 7.49. The standard InChI is InChI=1S/C16H18N4O4/c1-22-10-14-17-6-5-13(19-14)20-16(21)18-9-11-3-2-4-12-15(11)24-8-7-23-12/h2-6H,7-10H2,1H3,(H2,17,18,19,20,21). The number of carbonyl (C=O) groups excluding carboxylic acids is 1. The molecule has 2 heterocycles. The van der Waals surface area contributed by atoms with E-state index in [1.54, 1.807) is 19.4 Å². The fourth-order valence-corrected chi connectivity index (χ4v) is 2.28. The summed E-state index contributed by atoms with van der Waals surface area (Å²) in [7, 11) is 1.56. The van der Waals surface area contributed by atoms with E-state index in [4.69, 9.17) is 14.2 Å². The van der Waals surface area contributed by atoms with Crippen molar-refractivity contribution in [2.75, 3.05) is 25.6 Å². The minimum atomic E-state index is -0.369. The number of hydrogen-bond acceptors (Lipinski definition) is 6. The molecule has 1 aliphatic rings. The number of nitrogens with zero attached hydrogens (tertiary/aromatic N) is 2. The third-order valence-electron chi connectivity index (χ3n) is 3.31. The van der Waals surface area contributed by atoms with Crippen LogP contribution in [0.15, 0.2) is 30.5 Å². The average Bonchev–Trinajstić information content (AvgIpc) is 2.60. The summed E-state index contributed by atoms with van der Waals surface area (Å²) in [6, 6.07) is 6.83. The molecule has 8 heteroatoms. The minimum absolute atomic E-state index is 0.282. The van der Waals surface area contributed by atoms with Gasteiger partial charge in [0.1, 0.15) is 25.6 Å². The third-order valence-corrected chi connectivity index (χ3v) is 3.31. The van der Waals surface area contributed by atoms with Crippen molar-refractivity contribution in [3.8, 4) is 11.5 Å². The highest BCUT2D eigenvalue weighted by molar-refractivity contribution is 5.88. The zero-order chi connectivity index (χ0) is 16.8. The second kappa shape index (κ2) is 7.60. The quantitative estimate of drug-likeness (QED) is 0.867. The van der Waals surface area contributed by atoms with Gasteiger partial charge in [0.25, 0.3) is 0 Å². The van der Waals surface area contributed by atoms with Crippen LogP contribution in [0.5, 0.6) is 11.5 Å². The maximum atomic E-state index is 12.0. The Balaban J connectivity index is 1.59. The van der Waals surface area contributed by atoms with E-state index in [1.807, 2.05) is 18.2 Å². The van der Waals surface area contributed by atoms with E-state index in [-0.39, 0.29) is 12.6 Å². The normalized spacial score (nSPS) is 12.5. The number of aromatic nitrogens is 2. The van der Waals surface area contributed by atoms with E-state index in [9.17, 15) is 4.79 Å². The Morgan fingerprint density at radius 1 is 1.29 bits per heavy atom. The van der Waals surface area contributed by atoms with Crippen LogP contribution in [0.25, 0.3) is 0 Å². The number of ether oxygens (including phenoxy) is 3. The Labute approximate surface area is 139 Å². The molecule has 0 aliphatic carbocycles. The summed E-state index contributed by atoms with van der Waals surface area (Å²) in [5.41, 5.74) is 0.852. The van der Waals surface area contributed by atoms with Crippen molar-refractivity contribution in [2.24, 2.45) is 0 Å². The van der Waals surface area contributed by atoms with Crippen LogP contribution >= 0.6 is 0 Å². The molecule has 2 amide bonds. The molecule has 0 saturated heterocycles. The summed E-state index contributed by atoms with van der Waals surface area (Å²) in [5.74, 6) is 2.27. The number of methoxy groups -OCH3 is 1. The van der Waals surface area contributed by atoms with E-state index in [0.717, 1.165) is 5.56 Å². The van der Waals surface area contributed by atoms with Gasteiger partial charge in [-0.2, -0.15) is 0 Å². The molecular formula is C16H18N4O4. The zero-order valence-electron chi connectivity index (χ0n) is 13.2. The van der Waals surface area contributed by atoms with Crippen molar-refractivity contribution in [2.45, 2.75) is 13.2 Å². The number of hydrogen-bond donors (Lipinski definition) is 2. The first kappa shape index (κ1) is 16.0. The molecule has 0 unspecified atom stereocenters. The van der Waals surface area contributed by atoms with Crippen LogP contribution in [0.2, 0.25) is 0 Å². The molecule has 1 aliphatic heterocycles. The van der Waals surface area contributed by atoms with Gasteiger partial charge in [0.15, 0.2) is 17.3 Å². The lowest BCUT2D eigenvalue weighted by molar-refractivity contribution is 0.169. The van der Waals surface area contributed by atoms with Crippen molar-refractivity contribution >= 4 is 11.8 Å². The largest absolute Gasteiger partial charge is 0.486 e. The lowest BCUT2D eigenvalue weighted by Crippen LogP contribution is -2.29. The van der Waals surface area contributed by atoms with Crippen LogP contribution < -0.4 is 20.1 Å². The number of anilines is 1. The highest BCUT2D eigenvalue weighted by Gasteiger charge is 2.16. The Morgan fingerprint density at radius 2 is 2.17 bits per heavy atom. The molecule has 0 radical (unpaired) electrons. The number of nitrogens with one attached hydrogen (secondary N) is 2. The van der Waals surface area contributed by atoms with Gasteiger partial charge in [-0.15, -0.1) is 0 Å². The van der Waals surface area contributed by atoms with Gasteiger partial charge in [-0.3, -0.25) is 5.32 Å². The molecule has 0 bridgehead atoms. The molecule has 1 aromatic carbocycles. The summed E-state index contributed by atoms with van der Waals surface area (Å²) >= 11 is 0. The number of benzene rings is 1. The summed E-state index contributed by atoms with van der Waals surface area (Å²) < 4.78 is 16.1. The zero-order valence-corrected chi connectivity index (χ0v) is 13.2. The third kappa shape index (κ3) is 3.90. The molecule has 126 valence electrons. The molecule has 24 heavy (non-hydrogen) atoms. The summed E-state index contributed by atoms with van der Waals surface area (Å²) in [4.78, 5) is 20.3. The van der Waals surface area contributed by atoms with Gasteiger partial charge in [-0.05, 0) is 12.1 Å². The van der Waals surface area contributed by atoms with Gasteiger partial charge in [0.05, 0.1) is 0 Å². The van der Waals surface area contributed by atoms with Gasteiger partial charge in [0.2, 0.25) is 0 Å². The van der Waals surface area contributed by atoms with Gasteiger partial charge >= 0.3 is 6.03 Å². The van der Waals surface area contributed by atoms with Crippen LogP contribution in [-0.4, -0.2) is 36.3 Å². The Morgan fingerprint density at radius 3 is 3.04 bits per heavy atom. The van der Waals surface area contributed by atoms with Crippen molar-refractivity contribution < 1.29 is 19.0 Å². The molecule has 0 fully saturated rings. The van der Waals surface area contributed by atoms with Gasteiger partial charge in [-0.25, -0.2) is 14.8 Å². The fraction of sp³-hybridized carbons (Fsp3) is 0.312. The van der Waals surface area contributed by atoms with E-state index in [1.165, 1.54) is 0 Å². The van der Waals surface area contributed by atoms with E-state index in [2.05, 4.69) is 20.6 Å². The molecule has 2 aromatic rings. The van der Waals surface area contributed by atoms with E-state index in [0.29, 0.717) is 42.9 Å². The number of carbonyl (C=O) groups is 1. The number of amides is 2. The molecule has 3 rings (SSSR count). The average molecular weight is 330 g/mol. The van der Waals surface area contributed by atoms with Crippen LogP contribution in [0.4, 0.5) is 10.6 Å².